The summed E-state index contributed by atoms with van der Waals surface area (Å²) in [7, 11) is 0. The van der Waals surface area contributed by atoms with Crippen LogP contribution in [0.1, 0.15) is 85.5 Å². The molecule has 3 aliphatic rings. The molecule has 1 spiro atoms. The van der Waals surface area contributed by atoms with E-state index in [0.717, 1.165) is 44.9 Å². The van der Waals surface area contributed by atoms with Crippen molar-refractivity contribution in [3.8, 4) is 0 Å². The molecule has 2 bridgehead atoms. The number of carbonyl (C=O) groups excluding carboxylic acids is 3. The molecule has 188 valence electrons. The third kappa shape index (κ3) is 4.78. The fraction of sp³-hybridized carbons (Fsp3) is 0.880. The molecule has 0 aromatic carbocycles. The molecule has 0 radical (unpaired) electrons. The highest BCUT2D eigenvalue weighted by molar-refractivity contribution is 5.99. The van der Waals surface area contributed by atoms with Crippen molar-refractivity contribution >= 4 is 17.7 Å². The minimum Gasteiger partial charge on any atom is -0.396 e. The Balaban J connectivity index is 1.88. The molecule has 3 amide bonds. The summed E-state index contributed by atoms with van der Waals surface area (Å²) in [6, 6.07) is -0.699. The maximum absolute atomic E-state index is 13.8. The summed E-state index contributed by atoms with van der Waals surface area (Å²) in [6.07, 6.45) is 7.17. The van der Waals surface area contributed by atoms with Crippen molar-refractivity contribution in [1.82, 2.24) is 15.5 Å². The Bertz CT molecular complexity index is 731. The minimum absolute atomic E-state index is 0.0114. The Labute approximate surface area is 198 Å². The molecule has 0 aliphatic carbocycles. The van der Waals surface area contributed by atoms with Crippen molar-refractivity contribution in [3.05, 3.63) is 0 Å². The average molecular weight is 466 g/mol. The van der Waals surface area contributed by atoms with Crippen LogP contribution in [0.3, 0.4) is 0 Å². The molecule has 3 N–H and O–H groups in total. The van der Waals surface area contributed by atoms with Gasteiger partial charge < -0.3 is 25.4 Å². The van der Waals surface area contributed by atoms with Crippen molar-refractivity contribution in [1.29, 1.82) is 0 Å². The molecule has 3 saturated heterocycles. The van der Waals surface area contributed by atoms with E-state index in [9.17, 15) is 14.4 Å². The Morgan fingerprint density at radius 2 is 1.88 bits per heavy atom. The van der Waals surface area contributed by atoms with E-state index in [1.165, 1.54) is 0 Å². The van der Waals surface area contributed by atoms with Gasteiger partial charge in [-0.1, -0.05) is 33.1 Å². The largest absolute Gasteiger partial charge is 0.396 e. The lowest BCUT2D eigenvalue weighted by Crippen LogP contribution is -2.56. The zero-order valence-electron chi connectivity index (χ0n) is 20.8. The molecule has 8 nitrogen and oxygen atoms in total. The number of hydrogen-bond acceptors (Lipinski definition) is 5. The lowest BCUT2D eigenvalue weighted by Gasteiger charge is -2.34. The predicted molar refractivity (Wildman–Crippen MR) is 125 cm³/mol. The predicted octanol–water partition coefficient (Wildman–Crippen LogP) is 2.13. The van der Waals surface area contributed by atoms with Gasteiger partial charge in [-0.2, -0.15) is 0 Å². The van der Waals surface area contributed by atoms with Gasteiger partial charge in [-0.25, -0.2) is 0 Å². The van der Waals surface area contributed by atoms with Crippen molar-refractivity contribution in [2.24, 2.45) is 11.8 Å². The van der Waals surface area contributed by atoms with Gasteiger partial charge in [0.2, 0.25) is 17.7 Å². The van der Waals surface area contributed by atoms with E-state index in [2.05, 4.69) is 17.6 Å². The first-order chi connectivity index (χ1) is 15.8. The van der Waals surface area contributed by atoms with E-state index in [-0.39, 0.29) is 30.4 Å². The number of aliphatic hydroxyl groups excluding tert-OH is 1. The standard InChI is InChI=1S/C25H43N3O5/c1-5-11-17(3)27-22(31)20-25-13-12-24(4,33-25)18(21(30)26-14-6-2)19(25)23(32)28(20)15-9-7-8-10-16-29/h17-20,29H,5-16H2,1-4H3,(H,26,30)(H,27,31)/t17?,18-,19+,20?,24+,25?/m1/s1. The lowest BCUT2D eigenvalue weighted by atomic mass is 9.66. The number of amides is 3. The van der Waals surface area contributed by atoms with E-state index >= 15 is 0 Å². The van der Waals surface area contributed by atoms with Gasteiger partial charge in [0, 0.05) is 25.7 Å². The highest BCUT2D eigenvalue weighted by atomic mass is 16.5. The van der Waals surface area contributed by atoms with Crippen LogP contribution < -0.4 is 10.6 Å². The Kier molecular flexibility index (Phi) is 8.43. The van der Waals surface area contributed by atoms with Gasteiger partial charge >= 0.3 is 0 Å². The van der Waals surface area contributed by atoms with Crippen LogP contribution in [0.5, 0.6) is 0 Å². The molecular formula is C25H43N3O5. The van der Waals surface area contributed by atoms with Gasteiger partial charge in [0.05, 0.1) is 17.4 Å². The number of nitrogens with one attached hydrogen (secondary N) is 2. The number of carbonyl (C=O) groups is 3. The third-order valence-electron chi connectivity index (χ3n) is 7.77. The molecule has 0 aromatic rings. The first-order valence-corrected chi connectivity index (χ1v) is 12.9. The second-order valence-electron chi connectivity index (χ2n) is 10.4. The topological polar surface area (TPSA) is 108 Å². The van der Waals surface area contributed by atoms with Gasteiger partial charge in [-0.15, -0.1) is 0 Å². The summed E-state index contributed by atoms with van der Waals surface area (Å²) in [5.41, 5.74) is -1.67. The fourth-order valence-corrected chi connectivity index (χ4v) is 6.30. The maximum atomic E-state index is 13.8. The van der Waals surface area contributed by atoms with E-state index < -0.39 is 29.1 Å². The summed E-state index contributed by atoms with van der Waals surface area (Å²) in [6.45, 7) is 9.18. The molecule has 6 atom stereocenters. The van der Waals surface area contributed by atoms with Crippen LogP contribution in [0.4, 0.5) is 0 Å². The van der Waals surface area contributed by atoms with E-state index in [0.29, 0.717) is 25.9 Å². The zero-order chi connectivity index (χ0) is 24.2. The fourth-order valence-electron chi connectivity index (χ4n) is 6.30. The second kappa shape index (κ2) is 10.7. The third-order valence-corrected chi connectivity index (χ3v) is 7.77. The van der Waals surface area contributed by atoms with Crippen LogP contribution in [0.2, 0.25) is 0 Å². The van der Waals surface area contributed by atoms with Crippen LogP contribution >= 0.6 is 0 Å². The second-order valence-corrected chi connectivity index (χ2v) is 10.4. The average Bonchev–Trinajstić information content (AvgIpc) is 3.33. The molecule has 3 aliphatic heterocycles. The highest BCUT2D eigenvalue weighted by Crippen LogP contribution is 2.63. The van der Waals surface area contributed by atoms with Gasteiger partial charge in [-0.3, -0.25) is 14.4 Å². The van der Waals surface area contributed by atoms with Crippen LogP contribution in [-0.4, -0.2) is 70.7 Å². The van der Waals surface area contributed by atoms with Crippen molar-refractivity contribution in [3.63, 3.8) is 0 Å². The van der Waals surface area contributed by atoms with E-state index in [1.807, 2.05) is 20.8 Å². The molecule has 3 rings (SSSR count). The van der Waals surface area contributed by atoms with E-state index in [1.54, 1.807) is 4.90 Å². The monoisotopic (exact) mass is 465 g/mol. The summed E-state index contributed by atoms with van der Waals surface area (Å²) >= 11 is 0. The Morgan fingerprint density at radius 1 is 1.15 bits per heavy atom. The smallest absolute Gasteiger partial charge is 0.246 e. The number of likely N-dealkylation sites (tertiary alicyclic amines) is 1. The van der Waals surface area contributed by atoms with Crippen LogP contribution in [0, 0.1) is 11.8 Å². The maximum Gasteiger partial charge on any atom is 0.246 e. The summed E-state index contributed by atoms with van der Waals surface area (Å²) in [5, 5.41) is 15.1. The molecule has 0 aromatic heterocycles. The first kappa shape index (κ1) is 25.9. The Hall–Kier alpha value is -1.67. The summed E-state index contributed by atoms with van der Waals surface area (Å²) in [4.78, 5) is 42.2. The van der Waals surface area contributed by atoms with Crippen LogP contribution in [-0.2, 0) is 19.1 Å². The number of rotatable bonds is 13. The quantitative estimate of drug-likeness (QED) is 0.361. The Morgan fingerprint density at radius 3 is 2.55 bits per heavy atom. The van der Waals surface area contributed by atoms with Crippen LogP contribution in [0.25, 0.3) is 0 Å². The number of aliphatic hydroxyl groups is 1. The number of hydrogen-bond donors (Lipinski definition) is 3. The van der Waals surface area contributed by atoms with Gasteiger partial charge in [-0.05, 0) is 52.4 Å². The van der Waals surface area contributed by atoms with Crippen LogP contribution in [0.15, 0.2) is 0 Å². The summed E-state index contributed by atoms with van der Waals surface area (Å²) in [5.74, 6) is -1.63. The van der Waals surface area contributed by atoms with Gasteiger partial charge in [0.25, 0.3) is 0 Å². The highest BCUT2D eigenvalue weighted by Gasteiger charge is 2.77. The molecule has 3 fully saturated rings. The van der Waals surface area contributed by atoms with Crippen molar-refractivity contribution < 1.29 is 24.2 Å². The normalized spacial score (nSPS) is 33.3. The molecule has 3 heterocycles. The zero-order valence-corrected chi connectivity index (χ0v) is 20.8. The number of nitrogens with zero attached hydrogens (tertiary/aromatic N) is 1. The number of fused-ring (bicyclic) bond motifs is 1. The molecule has 8 heteroatoms. The van der Waals surface area contributed by atoms with Gasteiger partial charge in [0.1, 0.15) is 11.6 Å². The minimum atomic E-state index is -0.943. The number of ether oxygens (including phenoxy) is 1. The first-order valence-electron chi connectivity index (χ1n) is 12.9. The SMILES string of the molecule is CCCNC(=O)[C@H]1[C@H]2C(=O)N(CCCCCCO)C(C(=O)NC(C)CCC)C23CC[C@]1(C)O3. The van der Waals surface area contributed by atoms with Crippen molar-refractivity contribution in [2.75, 3.05) is 19.7 Å². The summed E-state index contributed by atoms with van der Waals surface area (Å²) < 4.78 is 6.59. The number of unbranched alkanes of at least 4 members (excludes halogenated alkanes) is 3. The molecule has 33 heavy (non-hydrogen) atoms. The van der Waals surface area contributed by atoms with Crippen molar-refractivity contribution in [2.45, 2.75) is 109 Å². The molecule has 0 saturated carbocycles. The molecule has 3 unspecified atom stereocenters. The lowest BCUT2D eigenvalue weighted by molar-refractivity contribution is -0.146. The van der Waals surface area contributed by atoms with E-state index in [4.69, 9.17) is 9.84 Å². The molecular weight excluding hydrogens is 422 g/mol. The van der Waals surface area contributed by atoms with Gasteiger partial charge in [0.15, 0.2) is 0 Å².